The molecule has 0 spiro atoms. The Morgan fingerprint density at radius 3 is 2.31 bits per heavy atom. The summed E-state index contributed by atoms with van der Waals surface area (Å²) >= 11 is 0. The van der Waals surface area contributed by atoms with Crippen molar-refractivity contribution in [2.75, 3.05) is 0 Å². The van der Waals surface area contributed by atoms with E-state index in [1.807, 2.05) is 13.8 Å². The highest BCUT2D eigenvalue weighted by Crippen LogP contribution is 2.25. The molecular formula is C12H21NO3. The molecule has 2 N–H and O–H groups in total. The number of hydrogen-bond acceptors (Lipinski definition) is 2. The minimum absolute atomic E-state index is 0.0100. The van der Waals surface area contributed by atoms with Gasteiger partial charge in [-0.05, 0) is 18.8 Å². The Balaban J connectivity index is 2.46. The van der Waals surface area contributed by atoms with Crippen LogP contribution < -0.4 is 5.32 Å². The normalized spacial score (nSPS) is 18.7. The molecule has 1 unspecified atom stereocenters. The summed E-state index contributed by atoms with van der Waals surface area (Å²) < 4.78 is 0. The van der Waals surface area contributed by atoms with Crippen molar-refractivity contribution in [3.8, 4) is 0 Å². The van der Waals surface area contributed by atoms with Crippen LogP contribution in [0, 0.1) is 11.8 Å². The lowest BCUT2D eigenvalue weighted by molar-refractivity contribution is -0.138. The molecule has 1 fully saturated rings. The Hall–Kier alpha value is -1.06. The quantitative estimate of drug-likeness (QED) is 0.752. The monoisotopic (exact) mass is 227 g/mol. The van der Waals surface area contributed by atoms with Gasteiger partial charge >= 0.3 is 5.97 Å². The molecule has 92 valence electrons. The molecule has 16 heavy (non-hydrogen) atoms. The van der Waals surface area contributed by atoms with Gasteiger partial charge in [-0.1, -0.05) is 26.7 Å². The molecule has 0 radical (unpaired) electrons. The number of rotatable bonds is 5. The van der Waals surface area contributed by atoms with Crippen LogP contribution in [0.3, 0.4) is 0 Å². The van der Waals surface area contributed by atoms with Crippen molar-refractivity contribution in [3.63, 3.8) is 0 Å². The second-order valence-corrected chi connectivity index (χ2v) is 4.94. The Morgan fingerprint density at radius 2 is 1.88 bits per heavy atom. The van der Waals surface area contributed by atoms with Gasteiger partial charge in [0.15, 0.2) is 0 Å². The molecule has 0 aliphatic heterocycles. The van der Waals surface area contributed by atoms with Crippen molar-refractivity contribution >= 4 is 11.9 Å². The number of carboxylic acids is 1. The van der Waals surface area contributed by atoms with E-state index in [0.717, 1.165) is 25.7 Å². The minimum atomic E-state index is -0.856. The van der Waals surface area contributed by atoms with E-state index in [9.17, 15) is 9.59 Å². The van der Waals surface area contributed by atoms with Gasteiger partial charge in [-0.3, -0.25) is 9.59 Å². The molecule has 0 aromatic carbocycles. The maximum Gasteiger partial charge on any atom is 0.305 e. The maximum absolute atomic E-state index is 11.8. The Morgan fingerprint density at radius 1 is 1.31 bits per heavy atom. The predicted molar refractivity (Wildman–Crippen MR) is 61.0 cm³/mol. The van der Waals surface area contributed by atoms with E-state index >= 15 is 0 Å². The van der Waals surface area contributed by atoms with Gasteiger partial charge in [-0.2, -0.15) is 0 Å². The van der Waals surface area contributed by atoms with Crippen molar-refractivity contribution in [2.24, 2.45) is 11.8 Å². The molecule has 0 heterocycles. The fourth-order valence-corrected chi connectivity index (χ4v) is 2.13. The molecule has 4 nitrogen and oxygen atoms in total. The number of aliphatic carboxylic acids is 1. The summed E-state index contributed by atoms with van der Waals surface area (Å²) in [4.78, 5) is 22.5. The first-order valence-corrected chi connectivity index (χ1v) is 6.03. The van der Waals surface area contributed by atoms with Crippen LogP contribution in [0.1, 0.15) is 46.0 Å². The van der Waals surface area contributed by atoms with Crippen molar-refractivity contribution < 1.29 is 14.7 Å². The lowest BCUT2D eigenvalue weighted by atomic mass is 9.99. The van der Waals surface area contributed by atoms with Crippen LogP contribution in [0.2, 0.25) is 0 Å². The number of amides is 1. The Bertz CT molecular complexity index is 257. The third kappa shape index (κ3) is 3.83. The van der Waals surface area contributed by atoms with Gasteiger partial charge in [0.25, 0.3) is 0 Å². The lowest BCUT2D eigenvalue weighted by Gasteiger charge is -2.22. The lowest BCUT2D eigenvalue weighted by Crippen LogP contribution is -2.42. The minimum Gasteiger partial charge on any atom is -0.481 e. The van der Waals surface area contributed by atoms with Crippen LogP contribution >= 0.6 is 0 Å². The van der Waals surface area contributed by atoms with E-state index in [1.165, 1.54) is 0 Å². The van der Waals surface area contributed by atoms with Gasteiger partial charge in [0.1, 0.15) is 0 Å². The van der Waals surface area contributed by atoms with Gasteiger partial charge < -0.3 is 10.4 Å². The van der Waals surface area contributed by atoms with Gasteiger partial charge in [0.05, 0.1) is 6.42 Å². The van der Waals surface area contributed by atoms with Crippen LogP contribution in [0.5, 0.6) is 0 Å². The van der Waals surface area contributed by atoms with Crippen molar-refractivity contribution in [1.82, 2.24) is 5.32 Å². The van der Waals surface area contributed by atoms with Crippen LogP contribution in [-0.2, 0) is 9.59 Å². The molecule has 1 amide bonds. The summed E-state index contributed by atoms with van der Waals surface area (Å²) in [5, 5.41) is 11.6. The number of nitrogens with one attached hydrogen (secondary N) is 1. The van der Waals surface area contributed by atoms with E-state index in [4.69, 9.17) is 5.11 Å². The van der Waals surface area contributed by atoms with E-state index < -0.39 is 5.97 Å². The summed E-state index contributed by atoms with van der Waals surface area (Å²) in [6.07, 6.45) is 4.14. The van der Waals surface area contributed by atoms with Crippen LogP contribution in [0.4, 0.5) is 0 Å². The highest BCUT2D eigenvalue weighted by atomic mass is 16.4. The van der Waals surface area contributed by atoms with Gasteiger partial charge in [0.2, 0.25) is 5.91 Å². The highest BCUT2D eigenvalue weighted by molar-refractivity contribution is 5.80. The van der Waals surface area contributed by atoms with Crippen molar-refractivity contribution in [2.45, 2.75) is 52.0 Å². The zero-order valence-corrected chi connectivity index (χ0v) is 10.0. The third-order valence-corrected chi connectivity index (χ3v) is 3.25. The van der Waals surface area contributed by atoms with E-state index in [-0.39, 0.29) is 30.2 Å². The fourth-order valence-electron chi connectivity index (χ4n) is 2.13. The van der Waals surface area contributed by atoms with Crippen molar-refractivity contribution in [1.29, 1.82) is 0 Å². The SMILES string of the molecule is CC(C)C(CC(=O)O)NC(=O)C1CCCC1. The van der Waals surface area contributed by atoms with Gasteiger partial charge in [0, 0.05) is 12.0 Å². The largest absolute Gasteiger partial charge is 0.481 e. The number of carbonyl (C=O) groups excluding carboxylic acids is 1. The zero-order chi connectivity index (χ0) is 12.1. The van der Waals surface area contributed by atoms with Crippen LogP contribution in [-0.4, -0.2) is 23.0 Å². The molecule has 0 aromatic heterocycles. The summed E-state index contributed by atoms with van der Waals surface area (Å²) in [6, 6.07) is -0.245. The van der Waals surface area contributed by atoms with Gasteiger partial charge in [-0.15, -0.1) is 0 Å². The molecule has 1 atom stereocenters. The molecule has 0 bridgehead atoms. The van der Waals surface area contributed by atoms with Crippen molar-refractivity contribution in [3.05, 3.63) is 0 Å². The summed E-state index contributed by atoms with van der Waals surface area (Å²) in [6.45, 7) is 3.87. The second kappa shape index (κ2) is 5.87. The second-order valence-electron chi connectivity index (χ2n) is 4.94. The smallest absolute Gasteiger partial charge is 0.305 e. The summed E-state index contributed by atoms with van der Waals surface area (Å²) in [7, 11) is 0. The van der Waals surface area contributed by atoms with Gasteiger partial charge in [-0.25, -0.2) is 0 Å². The third-order valence-electron chi connectivity index (χ3n) is 3.25. The number of hydrogen-bond donors (Lipinski definition) is 2. The first kappa shape index (κ1) is 13.0. The molecule has 4 heteroatoms. The standard InChI is InChI=1S/C12H21NO3/c1-8(2)10(7-11(14)15)13-12(16)9-5-3-4-6-9/h8-10H,3-7H2,1-2H3,(H,13,16)(H,14,15). The molecule has 1 rings (SSSR count). The topological polar surface area (TPSA) is 66.4 Å². The molecule has 1 aliphatic rings. The van der Waals surface area contributed by atoms with E-state index in [0.29, 0.717) is 0 Å². The summed E-state index contributed by atoms with van der Waals surface area (Å²) in [5.41, 5.74) is 0. The Labute approximate surface area is 96.4 Å². The zero-order valence-electron chi connectivity index (χ0n) is 10.0. The van der Waals surface area contributed by atoms with E-state index in [1.54, 1.807) is 0 Å². The molecule has 0 aromatic rings. The molecular weight excluding hydrogens is 206 g/mol. The first-order valence-electron chi connectivity index (χ1n) is 6.03. The summed E-state index contributed by atoms with van der Waals surface area (Å²) in [5.74, 6) is -0.556. The maximum atomic E-state index is 11.8. The first-order chi connectivity index (χ1) is 7.50. The van der Waals surface area contributed by atoms with Crippen LogP contribution in [0.15, 0.2) is 0 Å². The fraction of sp³-hybridized carbons (Fsp3) is 0.833. The predicted octanol–water partition coefficient (Wildman–Crippen LogP) is 1.79. The molecule has 1 saturated carbocycles. The van der Waals surface area contributed by atoms with Crippen LogP contribution in [0.25, 0.3) is 0 Å². The Kier molecular flexibility index (Phi) is 4.77. The molecule has 0 saturated heterocycles. The molecule has 1 aliphatic carbocycles. The average molecular weight is 227 g/mol. The highest BCUT2D eigenvalue weighted by Gasteiger charge is 2.26. The number of carboxylic acid groups (broad SMARTS) is 1. The average Bonchev–Trinajstić information content (AvgIpc) is 2.68. The van der Waals surface area contributed by atoms with E-state index in [2.05, 4.69) is 5.32 Å². The number of carbonyl (C=O) groups is 2.